The second kappa shape index (κ2) is 9.29. The molecule has 0 N–H and O–H groups in total. The van der Waals surface area contributed by atoms with Gasteiger partial charge in [-0.3, -0.25) is 9.69 Å². The average molecular weight is 472 g/mol. The number of benzene rings is 2. The van der Waals surface area contributed by atoms with Gasteiger partial charge in [-0.15, -0.1) is 0 Å². The van der Waals surface area contributed by atoms with Crippen LogP contribution in [-0.2, 0) is 21.4 Å². The summed E-state index contributed by atoms with van der Waals surface area (Å²) in [6, 6.07) is 16.1. The molecule has 8 heteroatoms. The zero-order chi connectivity index (χ0) is 22.9. The number of hydrogen-bond acceptors (Lipinski definition) is 5. The van der Waals surface area contributed by atoms with Crippen LogP contribution in [0, 0.1) is 5.92 Å². The van der Waals surface area contributed by atoms with Gasteiger partial charge in [-0.2, -0.15) is 0 Å². The predicted octanol–water partition coefficient (Wildman–Crippen LogP) is 4.62. The number of sulfonamides is 1. The Bertz CT molecular complexity index is 1200. The Balaban J connectivity index is 1.66. The first kappa shape index (κ1) is 22.9. The standard InChI is InChI=1S/C24H29N3O3S2/c1-17(2)20-10-7-11-21-22(20)25-24(31-21)27(16-18-8-5-4-6-9-18)23(28)19-12-14-26(15-13-19)32(3,29)30/h4-11,17,19H,12-16H2,1-3H3. The van der Waals surface area contributed by atoms with E-state index >= 15 is 0 Å². The number of hydrogen-bond donors (Lipinski definition) is 0. The Kier molecular flexibility index (Phi) is 6.65. The van der Waals surface area contributed by atoms with Crippen LogP contribution in [0.2, 0.25) is 0 Å². The third kappa shape index (κ3) is 4.87. The Morgan fingerprint density at radius 2 is 1.81 bits per heavy atom. The number of carbonyl (C=O) groups is 1. The van der Waals surface area contributed by atoms with E-state index < -0.39 is 10.0 Å². The molecule has 1 saturated heterocycles. The van der Waals surface area contributed by atoms with Gasteiger partial charge < -0.3 is 0 Å². The maximum absolute atomic E-state index is 13.7. The van der Waals surface area contributed by atoms with E-state index in [4.69, 9.17) is 4.98 Å². The molecule has 170 valence electrons. The topological polar surface area (TPSA) is 70.6 Å². The van der Waals surface area contributed by atoms with Crippen molar-refractivity contribution in [3.05, 3.63) is 59.7 Å². The smallest absolute Gasteiger partial charge is 0.232 e. The van der Waals surface area contributed by atoms with Gasteiger partial charge in [0.1, 0.15) is 0 Å². The molecule has 3 aromatic rings. The zero-order valence-electron chi connectivity index (χ0n) is 18.7. The van der Waals surface area contributed by atoms with Gasteiger partial charge in [0.15, 0.2) is 5.13 Å². The molecule has 4 rings (SSSR count). The quantitative estimate of drug-likeness (QED) is 0.526. The number of rotatable bonds is 6. The molecule has 1 amide bonds. The largest absolute Gasteiger partial charge is 0.283 e. The number of nitrogens with zero attached hydrogens (tertiary/aromatic N) is 3. The summed E-state index contributed by atoms with van der Waals surface area (Å²) in [6.07, 6.45) is 2.28. The second-order valence-corrected chi connectivity index (χ2v) is 11.7. The SMILES string of the molecule is CC(C)c1cccc2sc(N(Cc3ccccc3)C(=O)C3CCN(S(C)(=O)=O)CC3)nc12. The minimum atomic E-state index is -3.23. The van der Waals surface area contributed by atoms with Crippen LogP contribution in [0.4, 0.5) is 5.13 Å². The van der Waals surface area contributed by atoms with E-state index in [0.29, 0.717) is 43.5 Å². The molecule has 0 unspecified atom stereocenters. The minimum Gasteiger partial charge on any atom is -0.283 e. The third-order valence-corrected chi connectivity index (χ3v) is 8.36. The lowest BCUT2D eigenvalue weighted by Crippen LogP contribution is -2.44. The van der Waals surface area contributed by atoms with E-state index in [1.165, 1.54) is 16.1 Å². The summed E-state index contributed by atoms with van der Waals surface area (Å²) in [5, 5.41) is 0.701. The van der Waals surface area contributed by atoms with Gasteiger partial charge in [-0.05, 0) is 36.0 Å². The molecule has 0 atom stereocenters. The normalized spacial score (nSPS) is 16.0. The number of fused-ring (bicyclic) bond motifs is 1. The van der Waals surface area contributed by atoms with Crippen LogP contribution in [-0.4, -0.2) is 43.0 Å². The summed E-state index contributed by atoms with van der Waals surface area (Å²) in [5.41, 5.74) is 3.18. The number of anilines is 1. The molecule has 0 spiro atoms. The first-order chi connectivity index (χ1) is 15.2. The number of carbonyl (C=O) groups excluding carboxylic acids is 1. The first-order valence-electron chi connectivity index (χ1n) is 10.9. The van der Waals surface area contributed by atoms with Crippen LogP contribution in [0.3, 0.4) is 0 Å². The van der Waals surface area contributed by atoms with Crippen molar-refractivity contribution in [2.45, 2.75) is 39.2 Å². The molecule has 6 nitrogen and oxygen atoms in total. The summed E-state index contributed by atoms with van der Waals surface area (Å²) in [6.45, 7) is 5.51. The van der Waals surface area contributed by atoms with E-state index in [0.717, 1.165) is 15.8 Å². The van der Waals surface area contributed by atoms with Gasteiger partial charge in [0.2, 0.25) is 15.9 Å². The Hall–Kier alpha value is -2.29. The lowest BCUT2D eigenvalue weighted by atomic mass is 9.96. The Morgan fingerprint density at radius 3 is 2.44 bits per heavy atom. The maximum atomic E-state index is 13.7. The molecule has 0 saturated carbocycles. The van der Waals surface area contributed by atoms with Crippen molar-refractivity contribution < 1.29 is 13.2 Å². The number of thiazole rings is 1. The van der Waals surface area contributed by atoms with Crippen LogP contribution in [0.25, 0.3) is 10.2 Å². The molecule has 1 aliphatic rings. The van der Waals surface area contributed by atoms with Crippen LogP contribution < -0.4 is 4.90 Å². The Morgan fingerprint density at radius 1 is 1.12 bits per heavy atom. The molecular weight excluding hydrogens is 442 g/mol. The molecule has 0 aliphatic carbocycles. The first-order valence-corrected chi connectivity index (χ1v) is 13.6. The minimum absolute atomic E-state index is 0.0205. The zero-order valence-corrected chi connectivity index (χ0v) is 20.3. The van der Waals surface area contributed by atoms with E-state index in [9.17, 15) is 13.2 Å². The van der Waals surface area contributed by atoms with Crippen molar-refractivity contribution in [2.75, 3.05) is 24.2 Å². The number of amides is 1. The van der Waals surface area contributed by atoms with Gasteiger partial charge >= 0.3 is 0 Å². The van der Waals surface area contributed by atoms with E-state index in [1.807, 2.05) is 36.4 Å². The molecule has 2 aromatic carbocycles. The van der Waals surface area contributed by atoms with Crippen LogP contribution in [0.1, 0.15) is 43.7 Å². The van der Waals surface area contributed by atoms with E-state index in [1.54, 1.807) is 16.2 Å². The highest BCUT2D eigenvalue weighted by atomic mass is 32.2. The summed E-state index contributed by atoms with van der Waals surface area (Å²) in [4.78, 5) is 20.4. The molecule has 0 bridgehead atoms. The highest BCUT2D eigenvalue weighted by molar-refractivity contribution is 7.88. The summed E-state index contributed by atoms with van der Waals surface area (Å²) < 4.78 is 26.3. The van der Waals surface area contributed by atoms with Crippen LogP contribution in [0.5, 0.6) is 0 Å². The van der Waals surface area contributed by atoms with Crippen molar-refractivity contribution in [1.82, 2.24) is 9.29 Å². The monoisotopic (exact) mass is 471 g/mol. The fraction of sp³-hybridized carbons (Fsp3) is 0.417. The van der Waals surface area contributed by atoms with Crippen molar-refractivity contribution in [3.63, 3.8) is 0 Å². The number of para-hydroxylation sites is 1. The second-order valence-electron chi connectivity index (χ2n) is 8.69. The fourth-order valence-corrected chi connectivity index (χ4v) is 6.08. The summed E-state index contributed by atoms with van der Waals surface area (Å²) in [5.74, 6) is 0.146. The van der Waals surface area contributed by atoms with Crippen LogP contribution in [0.15, 0.2) is 48.5 Å². The molecule has 0 radical (unpaired) electrons. The van der Waals surface area contributed by atoms with E-state index in [2.05, 4.69) is 26.0 Å². The van der Waals surface area contributed by atoms with Gasteiger partial charge in [0.05, 0.1) is 23.0 Å². The molecule has 32 heavy (non-hydrogen) atoms. The average Bonchev–Trinajstić information content (AvgIpc) is 3.21. The van der Waals surface area contributed by atoms with E-state index in [-0.39, 0.29) is 11.8 Å². The van der Waals surface area contributed by atoms with Gasteiger partial charge in [-0.1, -0.05) is 67.6 Å². The van der Waals surface area contributed by atoms with Crippen molar-refractivity contribution in [3.8, 4) is 0 Å². The lowest BCUT2D eigenvalue weighted by molar-refractivity contribution is -0.123. The highest BCUT2D eigenvalue weighted by Crippen LogP contribution is 2.35. The molecule has 1 aliphatic heterocycles. The van der Waals surface area contributed by atoms with Gasteiger partial charge in [0, 0.05) is 19.0 Å². The van der Waals surface area contributed by atoms with Crippen molar-refractivity contribution in [2.24, 2.45) is 5.92 Å². The van der Waals surface area contributed by atoms with Gasteiger partial charge in [0.25, 0.3) is 0 Å². The Labute approximate surface area is 193 Å². The molecule has 2 heterocycles. The number of aromatic nitrogens is 1. The predicted molar refractivity (Wildman–Crippen MR) is 130 cm³/mol. The fourth-order valence-electron chi connectivity index (χ4n) is 4.20. The number of piperidine rings is 1. The highest BCUT2D eigenvalue weighted by Gasteiger charge is 2.33. The third-order valence-electron chi connectivity index (χ3n) is 6.01. The maximum Gasteiger partial charge on any atom is 0.232 e. The van der Waals surface area contributed by atoms with Crippen LogP contribution >= 0.6 is 11.3 Å². The summed E-state index contributed by atoms with van der Waals surface area (Å²) in [7, 11) is -3.23. The van der Waals surface area contributed by atoms with Crippen molar-refractivity contribution >= 4 is 42.6 Å². The summed E-state index contributed by atoms with van der Waals surface area (Å²) >= 11 is 1.54. The van der Waals surface area contributed by atoms with Crippen molar-refractivity contribution in [1.29, 1.82) is 0 Å². The molecule has 1 aromatic heterocycles. The lowest BCUT2D eigenvalue weighted by Gasteiger charge is -2.32. The molecule has 1 fully saturated rings. The molecular formula is C24H29N3O3S2. The van der Waals surface area contributed by atoms with Gasteiger partial charge in [-0.25, -0.2) is 17.7 Å².